The molecule has 0 unspecified atom stereocenters. The molecule has 39 heavy (non-hydrogen) atoms. The number of rotatable bonds is 8. The number of halogens is 1. The second-order valence-electron chi connectivity index (χ2n) is 12.9. The Morgan fingerprint density at radius 2 is 1.72 bits per heavy atom. The molecule has 6 aliphatic carbocycles. The molecule has 6 nitrogen and oxygen atoms in total. The predicted octanol–water partition coefficient (Wildman–Crippen LogP) is 6.82. The number of methoxy groups -OCH3 is 1. The van der Waals surface area contributed by atoms with E-state index in [9.17, 15) is 9.18 Å². The molecule has 0 radical (unpaired) electrons. The van der Waals surface area contributed by atoms with Crippen molar-refractivity contribution in [2.45, 2.75) is 82.2 Å². The Kier molecular flexibility index (Phi) is 5.68. The van der Waals surface area contributed by atoms with Crippen molar-refractivity contribution < 1.29 is 13.9 Å². The summed E-state index contributed by atoms with van der Waals surface area (Å²) in [6.45, 7) is 2.75. The summed E-state index contributed by atoms with van der Waals surface area (Å²) in [6.07, 6.45) is 10.4. The van der Waals surface area contributed by atoms with Crippen LogP contribution in [0.3, 0.4) is 0 Å². The van der Waals surface area contributed by atoms with Crippen LogP contribution in [-0.2, 0) is 10.2 Å². The maximum Gasteiger partial charge on any atom is 0.227 e. The van der Waals surface area contributed by atoms with Gasteiger partial charge in [-0.2, -0.15) is 0 Å². The molecule has 4 bridgehead atoms. The average Bonchev–Trinajstić information content (AvgIpc) is 3.38. The zero-order valence-electron chi connectivity index (χ0n) is 22.7. The summed E-state index contributed by atoms with van der Waals surface area (Å²) < 4.78 is 19.7. The number of aromatic nitrogens is 3. The molecule has 2 heterocycles. The summed E-state index contributed by atoms with van der Waals surface area (Å²) in [6, 6.07) is 12.1. The van der Waals surface area contributed by atoms with Crippen LogP contribution in [0.2, 0.25) is 0 Å². The van der Waals surface area contributed by atoms with E-state index in [1.54, 1.807) is 24.6 Å². The maximum atomic E-state index is 14.3. The Balaban J connectivity index is 1.16. The van der Waals surface area contributed by atoms with Gasteiger partial charge in [-0.3, -0.25) is 4.79 Å². The molecule has 0 spiro atoms. The highest BCUT2D eigenvalue weighted by molar-refractivity contribution is 7.11. The lowest BCUT2D eigenvalue weighted by Gasteiger charge is -2.66. The van der Waals surface area contributed by atoms with Crippen molar-refractivity contribution in [2.75, 3.05) is 18.6 Å². The third-order valence-corrected chi connectivity index (χ3v) is 11.3. The number of amides is 1. The average molecular weight is 547 g/mol. The van der Waals surface area contributed by atoms with E-state index in [0.29, 0.717) is 31.6 Å². The lowest BCUT2D eigenvalue weighted by Crippen LogP contribution is -2.65. The van der Waals surface area contributed by atoms with Crippen molar-refractivity contribution >= 4 is 22.9 Å². The number of carbonyl (C=O) groups is 1. The van der Waals surface area contributed by atoms with Gasteiger partial charge in [-0.05, 0) is 105 Å². The monoisotopic (exact) mass is 546 g/mol. The molecule has 0 saturated heterocycles. The third kappa shape index (κ3) is 4.26. The number of aryl methyl sites for hydroxylation is 1. The van der Waals surface area contributed by atoms with Crippen LogP contribution in [-0.4, -0.2) is 40.4 Å². The highest BCUT2D eigenvalue weighted by atomic mass is 32.1. The summed E-state index contributed by atoms with van der Waals surface area (Å²) in [4.78, 5) is 20.3. The van der Waals surface area contributed by atoms with Gasteiger partial charge in [-0.25, -0.2) is 9.37 Å². The van der Waals surface area contributed by atoms with E-state index in [0.717, 1.165) is 66.9 Å². The van der Waals surface area contributed by atoms with Gasteiger partial charge in [-0.1, -0.05) is 12.1 Å². The smallest absolute Gasteiger partial charge is 0.227 e. The van der Waals surface area contributed by atoms with Crippen molar-refractivity contribution in [1.29, 1.82) is 0 Å². The molecule has 9 rings (SSSR count). The number of nitrogens with zero attached hydrogens (tertiary/aromatic N) is 4. The van der Waals surface area contributed by atoms with Gasteiger partial charge in [0.05, 0.1) is 7.11 Å². The first-order valence-corrected chi connectivity index (χ1v) is 14.9. The topological polar surface area (TPSA) is 68.2 Å². The molecule has 0 atom stereocenters. The first-order valence-electron chi connectivity index (χ1n) is 14.1. The number of hydrogen-bond acceptors (Lipinski definition) is 6. The van der Waals surface area contributed by atoms with Gasteiger partial charge in [0.2, 0.25) is 11.8 Å². The van der Waals surface area contributed by atoms with Gasteiger partial charge in [0.1, 0.15) is 15.7 Å². The summed E-state index contributed by atoms with van der Waals surface area (Å²) >= 11 is 1.75. The maximum absolute atomic E-state index is 14.3. The molecule has 2 aromatic heterocycles. The van der Waals surface area contributed by atoms with Crippen molar-refractivity contribution in [2.24, 2.45) is 10.8 Å². The van der Waals surface area contributed by atoms with Crippen molar-refractivity contribution in [3.8, 4) is 17.0 Å². The van der Waals surface area contributed by atoms with Crippen LogP contribution in [0.15, 0.2) is 42.6 Å². The molecule has 1 aromatic carbocycles. The lowest BCUT2D eigenvalue weighted by atomic mass is 9.41. The fourth-order valence-corrected chi connectivity index (χ4v) is 8.98. The SMILES string of the molecule is COc1cc(-c2cccc(N(CC34CCC(c5nnc(C)s5)(CC3)CC4)C(=O)CC34CC(F)(C3)C4)c2)ccn1. The number of ether oxygens (including phenoxy) is 1. The van der Waals surface area contributed by atoms with Crippen molar-refractivity contribution in [1.82, 2.24) is 15.2 Å². The van der Waals surface area contributed by atoms with Gasteiger partial charge in [-0.15, -0.1) is 21.5 Å². The van der Waals surface area contributed by atoms with E-state index in [1.165, 1.54) is 5.01 Å². The van der Waals surface area contributed by atoms with E-state index < -0.39 is 5.67 Å². The van der Waals surface area contributed by atoms with Crippen molar-refractivity contribution in [3.63, 3.8) is 0 Å². The van der Waals surface area contributed by atoms with E-state index in [1.807, 2.05) is 30.0 Å². The van der Waals surface area contributed by atoms with Crippen LogP contribution in [0, 0.1) is 17.8 Å². The normalized spacial score (nSPS) is 32.3. The van der Waals surface area contributed by atoms with Crippen LogP contribution in [0.1, 0.15) is 74.2 Å². The Bertz CT molecular complexity index is 1390. The van der Waals surface area contributed by atoms with Crippen LogP contribution in [0.4, 0.5) is 10.1 Å². The second kappa shape index (κ2) is 8.82. The number of alkyl halides is 1. The van der Waals surface area contributed by atoms with Gasteiger partial charge < -0.3 is 9.64 Å². The van der Waals surface area contributed by atoms with Gasteiger partial charge in [0.15, 0.2) is 0 Å². The molecule has 204 valence electrons. The number of benzene rings is 1. The van der Waals surface area contributed by atoms with Gasteiger partial charge >= 0.3 is 0 Å². The standard InChI is InChI=1S/C31H35FN4O2S/c1-21-34-35-27(39-21)30-10-7-28(8-11-30,9-12-30)20-36(26(37)16-29-17-31(32,18-29)19-29)24-5-3-4-22(14-24)23-6-13-33-25(15-23)38-2/h3-6,13-15H,7-12,16-20H2,1-2H3. The van der Waals surface area contributed by atoms with Crippen molar-refractivity contribution in [3.05, 3.63) is 52.6 Å². The molecule has 6 saturated carbocycles. The fourth-order valence-electron chi connectivity index (χ4n) is 8.01. The number of fused-ring (bicyclic) bond motifs is 3. The van der Waals surface area contributed by atoms with Crippen LogP contribution < -0.4 is 9.64 Å². The summed E-state index contributed by atoms with van der Waals surface area (Å²) in [7, 11) is 1.61. The lowest BCUT2D eigenvalue weighted by molar-refractivity contribution is -0.215. The summed E-state index contributed by atoms with van der Waals surface area (Å²) in [5.41, 5.74) is 2.09. The molecule has 0 aliphatic heterocycles. The number of hydrogen-bond donors (Lipinski definition) is 0. The molecule has 1 amide bonds. The Hall–Kier alpha value is -2.87. The third-order valence-electron chi connectivity index (χ3n) is 10.2. The minimum atomic E-state index is -0.997. The Morgan fingerprint density at radius 1 is 1.00 bits per heavy atom. The molecule has 8 heteroatoms. The van der Waals surface area contributed by atoms with E-state index in [2.05, 4.69) is 33.4 Å². The second-order valence-corrected chi connectivity index (χ2v) is 14.1. The molecular formula is C31H35FN4O2S. The quantitative estimate of drug-likeness (QED) is 0.310. The summed E-state index contributed by atoms with van der Waals surface area (Å²) in [5, 5.41) is 11.1. The van der Waals surface area contributed by atoms with E-state index in [4.69, 9.17) is 4.74 Å². The van der Waals surface area contributed by atoms with Crippen LogP contribution in [0.25, 0.3) is 11.1 Å². The largest absolute Gasteiger partial charge is 0.481 e. The molecule has 6 aliphatic rings. The molecule has 6 fully saturated rings. The molecule has 0 N–H and O–H groups in total. The van der Waals surface area contributed by atoms with Gasteiger partial charge in [0.25, 0.3) is 0 Å². The highest BCUT2D eigenvalue weighted by Crippen LogP contribution is 2.71. The first kappa shape index (κ1) is 25.1. The minimum Gasteiger partial charge on any atom is -0.481 e. The highest BCUT2D eigenvalue weighted by Gasteiger charge is 2.69. The fraction of sp³-hybridized carbons (Fsp3) is 0.548. The summed E-state index contributed by atoms with van der Waals surface area (Å²) in [5.74, 6) is 0.699. The van der Waals surface area contributed by atoms with Crippen LogP contribution in [0.5, 0.6) is 5.88 Å². The Labute approximate surface area is 233 Å². The van der Waals surface area contributed by atoms with E-state index >= 15 is 0 Å². The minimum absolute atomic E-state index is 0.105. The zero-order chi connectivity index (χ0) is 26.9. The Morgan fingerprint density at radius 3 is 2.36 bits per heavy atom. The van der Waals surface area contributed by atoms with Crippen LogP contribution >= 0.6 is 11.3 Å². The molecular weight excluding hydrogens is 511 g/mol. The van der Waals surface area contributed by atoms with E-state index in [-0.39, 0.29) is 22.2 Å². The predicted molar refractivity (Wildman–Crippen MR) is 150 cm³/mol. The number of carbonyl (C=O) groups excluding carboxylic acids is 1. The number of pyridine rings is 1. The molecule has 3 aromatic rings. The zero-order valence-corrected chi connectivity index (χ0v) is 23.5. The number of anilines is 1. The first-order chi connectivity index (χ1) is 18.7. The van der Waals surface area contributed by atoms with Gasteiger partial charge in [0, 0.05) is 36.3 Å².